The molecule has 0 saturated heterocycles. The summed E-state index contributed by atoms with van der Waals surface area (Å²) in [6, 6.07) is 0. The van der Waals surface area contributed by atoms with Crippen LogP contribution in [0.2, 0.25) is 0 Å². The third-order valence-corrected chi connectivity index (χ3v) is 10.6. The average molecular weight is 387 g/mol. The van der Waals surface area contributed by atoms with Crippen molar-refractivity contribution in [2.24, 2.45) is 52.3 Å². The first-order valence-corrected chi connectivity index (χ1v) is 12.8. The smallest absolute Gasteiger partial charge is 0.136 e. The van der Waals surface area contributed by atoms with Crippen molar-refractivity contribution in [2.45, 2.75) is 112 Å². The Labute approximate surface area is 174 Å². The van der Waals surface area contributed by atoms with E-state index in [0.717, 1.165) is 48.3 Å². The van der Waals surface area contributed by atoms with Gasteiger partial charge in [-0.05, 0) is 97.7 Å². The minimum absolute atomic E-state index is 0.334. The van der Waals surface area contributed by atoms with E-state index in [1.807, 2.05) is 0 Å². The van der Waals surface area contributed by atoms with E-state index in [4.69, 9.17) is 0 Å². The lowest BCUT2D eigenvalue weighted by molar-refractivity contribution is -0.149. The maximum atomic E-state index is 12.7. The van der Waals surface area contributed by atoms with Crippen molar-refractivity contribution in [3.05, 3.63) is 0 Å². The number of hydrogen-bond donors (Lipinski definition) is 0. The molecule has 0 aliphatic heterocycles. The number of rotatable bonds is 5. The molecule has 4 fully saturated rings. The first-order chi connectivity index (χ1) is 13.3. The highest BCUT2D eigenvalue weighted by Crippen LogP contribution is 2.68. The van der Waals surface area contributed by atoms with Gasteiger partial charge in [-0.2, -0.15) is 0 Å². The highest BCUT2D eigenvalue weighted by Gasteiger charge is 2.61. The van der Waals surface area contributed by atoms with Crippen LogP contribution >= 0.6 is 0 Å². The number of fused-ring (bicyclic) bond motifs is 5. The lowest BCUT2D eigenvalue weighted by atomic mass is 9.44. The van der Waals surface area contributed by atoms with Gasteiger partial charge in [0.15, 0.2) is 0 Å². The second kappa shape index (κ2) is 7.73. The van der Waals surface area contributed by atoms with Crippen LogP contribution in [0.1, 0.15) is 112 Å². The number of Topliss-reactive ketones (excluding diaryl/α,β-unsaturated/α-hetero) is 1. The molecule has 8 atom stereocenters. The lowest BCUT2D eigenvalue weighted by Gasteiger charge is -2.60. The minimum Gasteiger partial charge on any atom is -0.299 e. The number of ketones is 1. The Balaban J connectivity index is 1.48. The van der Waals surface area contributed by atoms with Crippen LogP contribution in [-0.4, -0.2) is 5.78 Å². The molecule has 1 nitrogen and oxygen atoms in total. The third-order valence-electron chi connectivity index (χ3n) is 10.6. The van der Waals surface area contributed by atoms with Crippen LogP contribution in [0.5, 0.6) is 0 Å². The fraction of sp³-hybridized carbons (Fsp3) is 0.963. The van der Waals surface area contributed by atoms with Gasteiger partial charge in [-0.15, -0.1) is 0 Å². The average Bonchev–Trinajstić information content (AvgIpc) is 2.98. The van der Waals surface area contributed by atoms with Gasteiger partial charge in [0.1, 0.15) is 5.78 Å². The van der Waals surface area contributed by atoms with E-state index in [1.54, 1.807) is 0 Å². The van der Waals surface area contributed by atoms with Gasteiger partial charge in [0.05, 0.1) is 0 Å². The van der Waals surface area contributed by atoms with Crippen molar-refractivity contribution in [3.8, 4) is 0 Å². The third kappa shape index (κ3) is 3.31. The Morgan fingerprint density at radius 3 is 2.39 bits per heavy atom. The Bertz CT molecular complexity index is 579. The molecule has 4 aliphatic carbocycles. The molecule has 4 rings (SSSR count). The zero-order valence-electron chi connectivity index (χ0n) is 19.4. The molecule has 0 aromatic carbocycles. The van der Waals surface area contributed by atoms with Crippen LogP contribution in [0, 0.1) is 52.3 Å². The molecule has 160 valence electrons. The predicted molar refractivity (Wildman–Crippen MR) is 118 cm³/mol. The highest BCUT2D eigenvalue weighted by atomic mass is 16.1. The first-order valence-electron chi connectivity index (χ1n) is 12.8. The van der Waals surface area contributed by atoms with E-state index in [9.17, 15) is 4.79 Å². The molecule has 0 aromatic heterocycles. The van der Waals surface area contributed by atoms with Gasteiger partial charge in [0.25, 0.3) is 0 Å². The zero-order valence-corrected chi connectivity index (χ0v) is 19.4. The fourth-order valence-corrected chi connectivity index (χ4v) is 9.19. The molecule has 0 heterocycles. The molecule has 0 amide bonds. The van der Waals surface area contributed by atoms with Crippen LogP contribution < -0.4 is 0 Å². The summed E-state index contributed by atoms with van der Waals surface area (Å²) in [6.45, 7) is 12.5. The Morgan fingerprint density at radius 1 is 0.893 bits per heavy atom. The molecule has 28 heavy (non-hydrogen) atoms. The van der Waals surface area contributed by atoms with Crippen molar-refractivity contribution >= 4 is 5.78 Å². The molecule has 0 bridgehead atoms. The van der Waals surface area contributed by atoms with Crippen molar-refractivity contribution in [2.75, 3.05) is 0 Å². The van der Waals surface area contributed by atoms with Gasteiger partial charge in [-0.1, -0.05) is 53.9 Å². The lowest BCUT2D eigenvalue weighted by Crippen LogP contribution is -2.54. The van der Waals surface area contributed by atoms with Crippen LogP contribution in [0.3, 0.4) is 0 Å². The summed E-state index contributed by atoms with van der Waals surface area (Å²) in [5.74, 6) is 6.41. The maximum Gasteiger partial charge on any atom is 0.136 e. The highest BCUT2D eigenvalue weighted by molar-refractivity contribution is 5.82. The second-order valence-electron chi connectivity index (χ2n) is 12.4. The van der Waals surface area contributed by atoms with Gasteiger partial charge in [0.2, 0.25) is 0 Å². The van der Waals surface area contributed by atoms with E-state index in [1.165, 1.54) is 64.2 Å². The van der Waals surface area contributed by atoms with Crippen molar-refractivity contribution in [1.29, 1.82) is 0 Å². The Kier molecular flexibility index (Phi) is 5.78. The summed E-state index contributed by atoms with van der Waals surface area (Å²) in [4.78, 5) is 12.7. The number of carbonyl (C=O) groups is 1. The fourth-order valence-electron chi connectivity index (χ4n) is 9.19. The van der Waals surface area contributed by atoms with Gasteiger partial charge in [-0.3, -0.25) is 4.79 Å². The summed E-state index contributed by atoms with van der Waals surface area (Å²) < 4.78 is 0. The topological polar surface area (TPSA) is 17.1 Å². The van der Waals surface area contributed by atoms with E-state index in [-0.39, 0.29) is 0 Å². The van der Waals surface area contributed by atoms with Gasteiger partial charge in [-0.25, -0.2) is 0 Å². The monoisotopic (exact) mass is 386 g/mol. The minimum atomic E-state index is 0.334. The summed E-state index contributed by atoms with van der Waals surface area (Å²) in [6.07, 6.45) is 16.0. The van der Waals surface area contributed by atoms with Crippen LogP contribution in [0.4, 0.5) is 0 Å². The van der Waals surface area contributed by atoms with Gasteiger partial charge < -0.3 is 0 Å². The SMILES string of the molecule is CC(C)CCC[C@@H](C)[C@@H]1CC[C@@H]2[C@@H]3CC[C@H]4C(=O)CCC[C@]4(C)[C@H]3CC[C@@]21C. The quantitative estimate of drug-likeness (QED) is 0.473. The Morgan fingerprint density at radius 2 is 1.64 bits per heavy atom. The first kappa shape index (κ1) is 20.9. The predicted octanol–water partition coefficient (Wildman–Crippen LogP) is 7.68. The molecule has 0 unspecified atom stereocenters. The van der Waals surface area contributed by atoms with Crippen LogP contribution in [0.15, 0.2) is 0 Å². The summed E-state index contributed by atoms with van der Waals surface area (Å²) in [5.41, 5.74) is 0.917. The molecular formula is C27H46O. The molecule has 0 aromatic rings. The molecule has 0 radical (unpaired) electrons. The zero-order chi connectivity index (χ0) is 20.1. The largest absolute Gasteiger partial charge is 0.299 e. The normalized spacial score (nSPS) is 46.8. The van der Waals surface area contributed by atoms with Crippen LogP contribution in [0.25, 0.3) is 0 Å². The van der Waals surface area contributed by atoms with Crippen LogP contribution in [-0.2, 0) is 4.79 Å². The summed E-state index contributed by atoms with van der Waals surface area (Å²) in [5, 5.41) is 0. The van der Waals surface area contributed by atoms with Gasteiger partial charge >= 0.3 is 0 Å². The van der Waals surface area contributed by atoms with Crippen molar-refractivity contribution in [1.82, 2.24) is 0 Å². The standard InChI is InChI=1S/C27H46O/c1-18(2)8-6-9-19(3)21-13-14-22-20-11-12-24-25(28)10-7-16-26(24,4)23(20)15-17-27(21,22)5/h18-24H,6-17H2,1-5H3/t19-,20+,21+,22-,23+,24+,26-,27-/m1/s1. The molecule has 1 heteroatoms. The van der Waals surface area contributed by atoms with Gasteiger partial charge in [0, 0.05) is 12.3 Å². The summed E-state index contributed by atoms with van der Waals surface area (Å²) >= 11 is 0. The number of carbonyl (C=O) groups excluding carboxylic acids is 1. The maximum absolute atomic E-state index is 12.7. The van der Waals surface area contributed by atoms with E-state index in [2.05, 4.69) is 34.6 Å². The molecule has 0 spiro atoms. The molecule has 0 N–H and O–H groups in total. The summed E-state index contributed by atoms with van der Waals surface area (Å²) in [7, 11) is 0. The van der Waals surface area contributed by atoms with Crippen molar-refractivity contribution < 1.29 is 4.79 Å². The van der Waals surface area contributed by atoms with E-state index >= 15 is 0 Å². The van der Waals surface area contributed by atoms with Crippen molar-refractivity contribution in [3.63, 3.8) is 0 Å². The molecule has 4 aliphatic rings. The second-order valence-corrected chi connectivity index (χ2v) is 12.4. The Hall–Kier alpha value is -0.330. The van der Waals surface area contributed by atoms with E-state index < -0.39 is 0 Å². The van der Waals surface area contributed by atoms with E-state index in [0.29, 0.717) is 22.5 Å². The molecule has 4 saturated carbocycles. The molecular weight excluding hydrogens is 340 g/mol. The number of hydrogen-bond acceptors (Lipinski definition) is 1.